The second kappa shape index (κ2) is 9.46. The van der Waals surface area contributed by atoms with Gasteiger partial charge in [0.05, 0.1) is 12.2 Å². The number of fused-ring (bicyclic) bond motifs is 2. The van der Waals surface area contributed by atoms with Gasteiger partial charge in [-0.25, -0.2) is 4.79 Å². The molecule has 2 bridgehead atoms. The predicted octanol–water partition coefficient (Wildman–Crippen LogP) is 3.55. The molecule has 3 aliphatic rings. The molecule has 3 fully saturated rings. The Morgan fingerprint density at radius 2 is 1.40 bits per heavy atom. The lowest BCUT2D eigenvalue weighted by atomic mass is 10.2. The number of ether oxygens (including phenoxy) is 1. The number of aromatic nitrogens is 4. The van der Waals surface area contributed by atoms with Crippen molar-refractivity contribution < 1.29 is 9.53 Å². The van der Waals surface area contributed by atoms with Crippen molar-refractivity contribution in [2.75, 3.05) is 46.6 Å². The first-order valence-electron chi connectivity index (χ1n) is 12.2. The number of hydrogen-bond acceptors (Lipinski definition) is 8. The standard InChI is InChI=1S/C25H28N8O2/c34-25(28-19-9-11-26-12-10-19)27-18-5-3-17(4-6-18)22-29-23(32-13-1-2-14-32)31-24(30-22)33-15-20-7-8-21(16-33)35-20/h3-6,9-12,20-21H,1-2,7-8,13-16H2,(H2,26,27,28,34). The van der Waals surface area contributed by atoms with Crippen LogP contribution in [0.1, 0.15) is 25.7 Å². The molecule has 10 heteroatoms. The molecule has 2 amide bonds. The van der Waals surface area contributed by atoms with Crippen LogP contribution in [0.25, 0.3) is 11.4 Å². The summed E-state index contributed by atoms with van der Waals surface area (Å²) < 4.78 is 6.01. The average molecular weight is 473 g/mol. The van der Waals surface area contributed by atoms with Crippen molar-refractivity contribution in [1.29, 1.82) is 0 Å². The van der Waals surface area contributed by atoms with E-state index in [0.717, 1.165) is 69.3 Å². The number of benzene rings is 1. The van der Waals surface area contributed by atoms with Crippen LogP contribution in [-0.2, 0) is 4.74 Å². The highest BCUT2D eigenvalue weighted by Crippen LogP contribution is 2.30. The molecule has 1 aromatic carbocycles. The third-order valence-electron chi connectivity index (χ3n) is 6.67. The number of rotatable bonds is 5. The minimum Gasteiger partial charge on any atom is -0.371 e. The fourth-order valence-corrected chi connectivity index (χ4v) is 4.89. The minimum absolute atomic E-state index is 0.257. The molecule has 6 rings (SSSR count). The van der Waals surface area contributed by atoms with E-state index >= 15 is 0 Å². The van der Waals surface area contributed by atoms with Crippen LogP contribution in [0.15, 0.2) is 48.8 Å². The molecule has 10 nitrogen and oxygen atoms in total. The average Bonchev–Trinajstić information content (AvgIpc) is 3.54. The minimum atomic E-state index is -0.315. The first-order chi connectivity index (χ1) is 17.2. The quantitative estimate of drug-likeness (QED) is 0.581. The number of pyridine rings is 1. The highest BCUT2D eigenvalue weighted by molar-refractivity contribution is 5.99. The largest absolute Gasteiger partial charge is 0.371 e. The van der Waals surface area contributed by atoms with E-state index in [9.17, 15) is 4.79 Å². The summed E-state index contributed by atoms with van der Waals surface area (Å²) in [4.78, 5) is 35.3. The number of nitrogens with zero attached hydrogens (tertiary/aromatic N) is 6. The maximum atomic E-state index is 12.3. The molecule has 35 heavy (non-hydrogen) atoms. The summed E-state index contributed by atoms with van der Waals surface area (Å²) in [5.74, 6) is 2.10. The van der Waals surface area contributed by atoms with Gasteiger partial charge in [0.25, 0.3) is 0 Å². The van der Waals surface area contributed by atoms with E-state index in [2.05, 4.69) is 25.4 Å². The van der Waals surface area contributed by atoms with Gasteiger partial charge in [0, 0.05) is 55.5 Å². The molecule has 0 aliphatic carbocycles. The lowest BCUT2D eigenvalue weighted by molar-refractivity contribution is 0.0299. The number of amides is 2. The molecule has 2 unspecified atom stereocenters. The molecule has 0 saturated carbocycles. The number of morpholine rings is 1. The zero-order valence-electron chi connectivity index (χ0n) is 19.4. The van der Waals surface area contributed by atoms with Crippen LogP contribution >= 0.6 is 0 Å². The van der Waals surface area contributed by atoms with Crippen LogP contribution in [0.5, 0.6) is 0 Å². The van der Waals surface area contributed by atoms with E-state index in [4.69, 9.17) is 19.7 Å². The molecular formula is C25H28N8O2. The molecule has 180 valence electrons. The van der Waals surface area contributed by atoms with Crippen molar-refractivity contribution in [3.63, 3.8) is 0 Å². The highest BCUT2D eigenvalue weighted by Gasteiger charge is 2.35. The van der Waals surface area contributed by atoms with E-state index in [1.165, 1.54) is 0 Å². The summed E-state index contributed by atoms with van der Waals surface area (Å²) in [7, 11) is 0. The Labute approximate surface area is 203 Å². The summed E-state index contributed by atoms with van der Waals surface area (Å²) in [6.07, 6.45) is 8.28. The van der Waals surface area contributed by atoms with E-state index in [0.29, 0.717) is 17.2 Å². The van der Waals surface area contributed by atoms with E-state index in [1.54, 1.807) is 24.5 Å². The zero-order chi connectivity index (χ0) is 23.6. The van der Waals surface area contributed by atoms with Crippen LogP contribution in [0.2, 0.25) is 0 Å². The van der Waals surface area contributed by atoms with Gasteiger partial charge in [-0.2, -0.15) is 15.0 Å². The Hall–Kier alpha value is -3.79. The monoisotopic (exact) mass is 472 g/mol. The fraction of sp³-hybridized carbons (Fsp3) is 0.400. The number of carbonyl (C=O) groups is 1. The summed E-state index contributed by atoms with van der Waals surface area (Å²) >= 11 is 0. The second-order valence-electron chi connectivity index (χ2n) is 9.21. The van der Waals surface area contributed by atoms with Crippen molar-refractivity contribution >= 4 is 29.3 Å². The van der Waals surface area contributed by atoms with Crippen LogP contribution < -0.4 is 20.4 Å². The Morgan fingerprint density at radius 1 is 0.800 bits per heavy atom. The van der Waals surface area contributed by atoms with Crippen LogP contribution in [-0.4, -0.2) is 64.4 Å². The normalized spacial score (nSPS) is 21.3. The summed E-state index contributed by atoms with van der Waals surface area (Å²) in [5.41, 5.74) is 2.24. The third-order valence-corrected chi connectivity index (χ3v) is 6.67. The first kappa shape index (κ1) is 21.7. The molecule has 2 atom stereocenters. The fourth-order valence-electron chi connectivity index (χ4n) is 4.89. The molecule has 3 aliphatic heterocycles. The molecule has 3 saturated heterocycles. The van der Waals surface area contributed by atoms with Crippen molar-refractivity contribution in [3.05, 3.63) is 48.8 Å². The maximum Gasteiger partial charge on any atom is 0.323 e. The van der Waals surface area contributed by atoms with E-state index < -0.39 is 0 Å². The van der Waals surface area contributed by atoms with Gasteiger partial charge >= 0.3 is 6.03 Å². The molecule has 3 aromatic rings. The topological polar surface area (TPSA) is 108 Å². The van der Waals surface area contributed by atoms with Gasteiger partial charge in [-0.1, -0.05) is 0 Å². The van der Waals surface area contributed by atoms with Crippen LogP contribution in [0.3, 0.4) is 0 Å². The summed E-state index contributed by atoms with van der Waals surface area (Å²) in [6.45, 7) is 3.56. The van der Waals surface area contributed by atoms with Crippen LogP contribution in [0.4, 0.5) is 28.1 Å². The Morgan fingerprint density at radius 3 is 2.06 bits per heavy atom. The van der Waals surface area contributed by atoms with Crippen molar-refractivity contribution in [2.24, 2.45) is 0 Å². The molecule has 0 radical (unpaired) electrons. The van der Waals surface area contributed by atoms with E-state index in [-0.39, 0.29) is 18.2 Å². The highest BCUT2D eigenvalue weighted by atomic mass is 16.5. The molecule has 0 spiro atoms. The Kier molecular flexibility index (Phi) is 5.87. The second-order valence-corrected chi connectivity index (χ2v) is 9.21. The number of anilines is 4. The number of urea groups is 1. The van der Waals surface area contributed by atoms with Gasteiger partial charge in [-0.05, 0) is 62.1 Å². The maximum absolute atomic E-state index is 12.3. The van der Waals surface area contributed by atoms with Gasteiger partial charge in [-0.3, -0.25) is 4.98 Å². The van der Waals surface area contributed by atoms with Crippen molar-refractivity contribution in [1.82, 2.24) is 19.9 Å². The predicted molar refractivity (Wildman–Crippen MR) is 134 cm³/mol. The van der Waals surface area contributed by atoms with Gasteiger partial charge in [0.15, 0.2) is 5.82 Å². The Balaban J connectivity index is 1.23. The van der Waals surface area contributed by atoms with Gasteiger partial charge in [0.2, 0.25) is 11.9 Å². The van der Waals surface area contributed by atoms with Crippen molar-refractivity contribution in [2.45, 2.75) is 37.9 Å². The summed E-state index contributed by atoms with van der Waals surface area (Å²) in [5, 5.41) is 5.64. The lowest BCUT2D eigenvalue weighted by Gasteiger charge is -2.32. The number of carbonyl (C=O) groups excluding carboxylic acids is 1. The van der Waals surface area contributed by atoms with Crippen LogP contribution in [0, 0.1) is 0 Å². The smallest absolute Gasteiger partial charge is 0.323 e. The molecule has 5 heterocycles. The van der Waals surface area contributed by atoms with Gasteiger partial charge < -0.3 is 25.2 Å². The molecular weight excluding hydrogens is 444 g/mol. The van der Waals surface area contributed by atoms with E-state index in [1.807, 2.05) is 24.3 Å². The third kappa shape index (κ3) is 4.88. The molecule has 2 aromatic heterocycles. The van der Waals surface area contributed by atoms with Gasteiger partial charge in [0.1, 0.15) is 0 Å². The molecule has 2 N–H and O–H groups in total. The number of nitrogens with one attached hydrogen (secondary N) is 2. The zero-order valence-corrected chi connectivity index (χ0v) is 19.4. The Bertz CT molecular complexity index is 1170. The number of hydrogen-bond donors (Lipinski definition) is 2. The SMILES string of the molecule is O=C(Nc1ccncc1)Nc1ccc(-c2nc(N3CCCC3)nc(N3CC4CCC(C3)O4)n2)cc1. The first-order valence-corrected chi connectivity index (χ1v) is 12.2. The van der Waals surface area contributed by atoms with Crippen molar-refractivity contribution in [3.8, 4) is 11.4 Å². The lowest BCUT2D eigenvalue weighted by Crippen LogP contribution is -2.43. The summed E-state index contributed by atoms with van der Waals surface area (Å²) in [6, 6.07) is 10.7. The van der Waals surface area contributed by atoms with Gasteiger partial charge in [-0.15, -0.1) is 0 Å².